The Morgan fingerprint density at radius 1 is 1.82 bits per heavy atom. The zero-order chi connectivity index (χ0) is 8.27. The number of rotatable bonds is 2. The van der Waals surface area contributed by atoms with E-state index in [1.54, 1.807) is 11.3 Å². The van der Waals surface area contributed by atoms with Gasteiger partial charge in [0.2, 0.25) is 0 Å². The van der Waals surface area contributed by atoms with E-state index < -0.39 is 6.09 Å². The second kappa shape index (κ2) is 3.39. The summed E-state index contributed by atoms with van der Waals surface area (Å²) >= 11 is 1.55. The van der Waals surface area contributed by atoms with Crippen LogP contribution in [-0.2, 0) is 0 Å². The van der Waals surface area contributed by atoms with Crippen molar-refractivity contribution < 1.29 is 9.90 Å². The minimum atomic E-state index is -0.981. The summed E-state index contributed by atoms with van der Waals surface area (Å²) in [6.45, 7) is 1.82. The monoisotopic (exact) mass is 171 g/mol. The molecule has 0 aromatic carbocycles. The third-order valence-electron chi connectivity index (χ3n) is 1.31. The van der Waals surface area contributed by atoms with Crippen molar-refractivity contribution in [1.82, 2.24) is 5.32 Å². The summed E-state index contributed by atoms with van der Waals surface area (Å²) in [5.41, 5.74) is 0. The summed E-state index contributed by atoms with van der Waals surface area (Å²) in [5, 5.41) is 12.7. The molecular weight excluding hydrogens is 162 g/mol. The van der Waals surface area contributed by atoms with Gasteiger partial charge in [-0.25, -0.2) is 4.79 Å². The highest BCUT2D eigenvalue weighted by Gasteiger charge is 2.07. The fourth-order valence-electron chi connectivity index (χ4n) is 0.794. The summed E-state index contributed by atoms with van der Waals surface area (Å²) in [5.74, 6) is 0. The van der Waals surface area contributed by atoms with Crippen molar-refractivity contribution in [2.45, 2.75) is 13.0 Å². The van der Waals surface area contributed by atoms with E-state index in [1.807, 2.05) is 24.4 Å². The average molecular weight is 171 g/mol. The van der Waals surface area contributed by atoms with Crippen molar-refractivity contribution in [2.75, 3.05) is 0 Å². The Bertz CT molecular complexity index is 233. The van der Waals surface area contributed by atoms with Crippen LogP contribution in [0, 0.1) is 0 Å². The predicted molar refractivity (Wildman–Crippen MR) is 43.9 cm³/mol. The van der Waals surface area contributed by atoms with E-state index >= 15 is 0 Å². The molecule has 1 heterocycles. The first-order valence-electron chi connectivity index (χ1n) is 3.23. The number of hydrogen-bond acceptors (Lipinski definition) is 2. The highest BCUT2D eigenvalue weighted by molar-refractivity contribution is 7.10. The quantitative estimate of drug-likeness (QED) is 0.715. The van der Waals surface area contributed by atoms with Crippen LogP contribution in [0.5, 0.6) is 0 Å². The number of hydrogen-bond donors (Lipinski definition) is 2. The molecule has 0 fully saturated rings. The minimum Gasteiger partial charge on any atom is -0.465 e. The third-order valence-corrected chi connectivity index (χ3v) is 2.36. The molecule has 1 aromatic heterocycles. The molecule has 2 N–H and O–H groups in total. The van der Waals surface area contributed by atoms with Gasteiger partial charge >= 0.3 is 6.09 Å². The van der Waals surface area contributed by atoms with Gasteiger partial charge in [0.25, 0.3) is 0 Å². The molecule has 1 amide bonds. The topological polar surface area (TPSA) is 49.3 Å². The van der Waals surface area contributed by atoms with E-state index in [0.717, 1.165) is 4.88 Å². The smallest absolute Gasteiger partial charge is 0.405 e. The number of carboxylic acid groups (broad SMARTS) is 1. The van der Waals surface area contributed by atoms with E-state index in [1.165, 1.54) is 0 Å². The van der Waals surface area contributed by atoms with E-state index in [-0.39, 0.29) is 6.04 Å². The molecule has 0 aliphatic rings. The summed E-state index contributed by atoms with van der Waals surface area (Å²) in [7, 11) is 0. The Morgan fingerprint density at radius 2 is 2.55 bits per heavy atom. The van der Waals surface area contributed by atoms with Crippen LogP contribution < -0.4 is 5.32 Å². The maximum Gasteiger partial charge on any atom is 0.405 e. The molecule has 11 heavy (non-hydrogen) atoms. The highest BCUT2D eigenvalue weighted by Crippen LogP contribution is 2.17. The van der Waals surface area contributed by atoms with Gasteiger partial charge in [0.1, 0.15) is 0 Å². The van der Waals surface area contributed by atoms with Crippen molar-refractivity contribution in [3.05, 3.63) is 22.4 Å². The molecule has 1 atom stereocenters. The summed E-state index contributed by atoms with van der Waals surface area (Å²) in [6.07, 6.45) is -0.981. The van der Waals surface area contributed by atoms with Crippen LogP contribution in [0.25, 0.3) is 0 Å². The van der Waals surface area contributed by atoms with Gasteiger partial charge < -0.3 is 10.4 Å². The largest absolute Gasteiger partial charge is 0.465 e. The Morgan fingerprint density at radius 3 is 3.00 bits per heavy atom. The van der Waals surface area contributed by atoms with Gasteiger partial charge in [0, 0.05) is 4.88 Å². The number of amides is 1. The van der Waals surface area contributed by atoms with Crippen LogP contribution in [-0.4, -0.2) is 11.2 Å². The molecule has 0 aliphatic heterocycles. The lowest BCUT2D eigenvalue weighted by Crippen LogP contribution is -2.23. The molecule has 0 radical (unpaired) electrons. The summed E-state index contributed by atoms with van der Waals surface area (Å²) < 4.78 is 0. The maximum absolute atomic E-state index is 10.2. The highest BCUT2D eigenvalue weighted by atomic mass is 32.1. The van der Waals surface area contributed by atoms with Crippen LogP contribution in [0.3, 0.4) is 0 Å². The second-order valence-corrected chi connectivity index (χ2v) is 3.17. The van der Waals surface area contributed by atoms with Gasteiger partial charge in [-0.2, -0.15) is 0 Å². The molecule has 0 saturated carbocycles. The lowest BCUT2D eigenvalue weighted by molar-refractivity contribution is 0.191. The van der Waals surface area contributed by atoms with Crippen molar-refractivity contribution in [3.63, 3.8) is 0 Å². The first-order valence-corrected chi connectivity index (χ1v) is 4.11. The lowest BCUT2D eigenvalue weighted by Gasteiger charge is -2.07. The SMILES string of the molecule is C[C@H](NC(=O)O)c1cccs1. The van der Waals surface area contributed by atoms with Gasteiger partial charge in [-0.15, -0.1) is 11.3 Å². The number of nitrogens with one attached hydrogen (secondary N) is 1. The summed E-state index contributed by atoms with van der Waals surface area (Å²) in [4.78, 5) is 11.2. The normalized spacial score (nSPS) is 12.5. The van der Waals surface area contributed by atoms with Crippen LogP contribution in [0.1, 0.15) is 17.8 Å². The lowest BCUT2D eigenvalue weighted by atomic mass is 10.3. The van der Waals surface area contributed by atoms with Crippen molar-refractivity contribution in [1.29, 1.82) is 0 Å². The van der Waals surface area contributed by atoms with Crippen LogP contribution in [0.15, 0.2) is 17.5 Å². The van der Waals surface area contributed by atoms with E-state index in [4.69, 9.17) is 5.11 Å². The van der Waals surface area contributed by atoms with E-state index in [9.17, 15) is 4.79 Å². The Balaban J connectivity index is 2.56. The van der Waals surface area contributed by atoms with Gasteiger partial charge in [-0.1, -0.05) is 6.07 Å². The fourth-order valence-corrected chi connectivity index (χ4v) is 1.53. The molecule has 0 bridgehead atoms. The third kappa shape index (κ3) is 2.23. The summed E-state index contributed by atoms with van der Waals surface area (Å²) in [6, 6.07) is 3.71. The molecule has 1 rings (SSSR count). The predicted octanol–water partition coefficient (Wildman–Crippen LogP) is 2.08. The van der Waals surface area contributed by atoms with E-state index in [2.05, 4.69) is 5.32 Å². The van der Waals surface area contributed by atoms with Gasteiger partial charge in [-0.05, 0) is 18.4 Å². The first-order chi connectivity index (χ1) is 5.20. The van der Waals surface area contributed by atoms with Crippen molar-refractivity contribution in [2.24, 2.45) is 0 Å². The standard InChI is InChI=1S/C7H9NO2S/c1-5(8-7(9)10)6-3-2-4-11-6/h2-5,8H,1H3,(H,9,10)/t5-/m0/s1. The molecule has 60 valence electrons. The first kappa shape index (κ1) is 8.07. The van der Waals surface area contributed by atoms with Crippen LogP contribution in [0.2, 0.25) is 0 Å². The molecular formula is C7H9NO2S. The number of thiophene rings is 1. The van der Waals surface area contributed by atoms with Crippen molar-refractivity contribution >= 4 is 17.4 Å². The van der Waals surface area contributed by atoms with E-state index in [0.29, 0.717) is 0 Å². The molecule has 4 heteroatoms. The molecule has 0 saturated heterocycles. The average Bonchev–Trinajstić information content (AvgIpc) is 2.35. The molecule has 0 unspecified atom stereocenters. The minimum absolute atomic E-state index is 0.104. The number of carbonyl (C=O) groups is 1. The Labute approximate surface area is 68.7 Å². The molecule has 1 aromatic rings. The van der Waals surface area contributed by atoms with Crippen LogP contribution in [0.4, 0.5) is 4.79 Å². The molecule has 0 spiro atoms. The van der Waals surface area contributed by atoms with Crippen molar-refractivity contribution in [3.8, 4) is 0 Å². The Kier molecular flexibility index (Phi) is 2.48. The zero-order valence-electron chi connectivity index (χ0n) is 6.07. The van der Waals surface area contributed by atoms with Gasteiger partial charge in [0.15, 0.2) is 0 Å². The fraction of sp³-hybridized carbons (Fsp3) is 0.286. The van der Waals surface area contributed by atoms with Gasteiger partial charge in [-0.3, -0.25) is 0 Å². The Hall–Kier alpha value is -1.03. The molecule has 3 nitrogen and oxygen atoms in total. The maximum atomic E-state index is 10.2. The van der Waals surface area contributed by atoms with Gasteiger partial charge in [0.05, 0.1) is 6.04 Å². The van der Waals surface area contributed by atoms with Crippen LogP contribution >= 0.6 is 11.3 Å². The zero-order valence-corrected chi connectivity index (χ0v) is 6.89. The molecule has 0 aliphatic carbocycles. The second-order valence-electron chi connectivity index (χ2n) is 2.19.